The van der Waals surface area contributed by atoms with Crippen LogP contribution in [0.5, 0.6) is 0 Å². The normalized spacial score (nSPS) is 18.5. The van der Waals surface area contributed by atoms with Gasteiger partial charge in [-0.25, -0.2) is 4.79 Å². The number of benzene rings is 2. The number of rotatable bonds is 2. The molecule has 6 heteroatoms. The Morgan fingerprint density at radius 3 is 2.75 bits per heavy atom. The number of nitrogens with zero attached hydrogens (tertiary/aromatic N) is 1. The second-order valence-corrected chi connectivity index (χ2v) is 7.41. The van der Waals surface area contributed by atoms with Crippen LogP contribution in [0.4, 0.5) is 4.79 Å². The minimum absolute atomic E-state index is 0.113. The van der Waals surface area contributed by atoms with Crippen LogP contribution in [-0.2, 0) is 16.1 Å². The molecular formula is C18H17BrN2O3. The monoisotopic (exact) mass is 388 g/mol. The molecule has 0 saturated carbocycles. The molecule has 0 radical (unpaired) electrons. The Bertz CT molecular complexity index is 830. The third kappa shape index (κ3) is 2.86. The summed E-state index contributed by atoms with van der Waals surface area (Å²) < 4.78 is 6.36. The minimum Gasteiger partial charge on any atom is -0.455 e. The lowest BCUT2D eigenvalue weighted by Crippen LogP contribution is -2.65. The molecule has 2 fully saturated rings. The lowest BCUT2D eigenvalue weighted by molar-refractivity contribution is -0.159. The lowest BCUT2D eigenvalue weighted by Gasteiger charge is -2.45. The molecular weight excluding hydrogens is 372 g/mol. The van der Waals surface area contributed by atoms with Gasteiger partial charge in [0.1, 0.15) is 5.60 Å². The van der Waals surface area contributed by atoms with Gasteiger partial charge in [0.05, 0.1) is 13.1 Å². The summed E-state index contributed by atoms with van der Waals surface area (Å²) in [6.07, 6.45) is 1.18. The fourth-order valence-corrected chi connectivity index (χ4v) is 3.73. The highest BCUT2D eigenvalue weighted by Gasteiger charge is 2.51. The van der Waals surface area contributed by atoms with Crippen molar-refractivity contribution < 1.29 is 14.3 Å². The number of esters is 1. The van der Waals surface area contributed by atoms with Crippen LogP contribution >= 0.6 is 15.9 Å². The van der Waals surface area contributed by atoms with E-state index >= 15 is 0 Å². The van der Waals surface area contributed by atoms with Gasteiger partial charge in [0.15, 0.2) is 0 Å². The van der Waals surface area contributed by atoms with Gasteiger partial charge in [-0.15, -0.1) is 0 Å². The van der Waals surface area contributed by atoms with Gasteiger partial charge in [-0.05, 0) is 34.5 Å². The van der Waals surface area contributed by atoms with Crippen molar-refractivity contribution in [3.05, 3.63) is 46.4 Å². The summed E-state index contributed by atoms with van der Waals surface area (Å²) in [5, 5.41) is 5.24. The second kappa shape index (κ2) is 5.77. The number of amides is 2. The third-order valence-electron chi connectivity index (χ3n) is 4.67. The maximum Gasteiger partial charge on any atom is 0.317 e. The molecule has 2 aliphatic heterocycles. The topological polar surface area (TPSA) is 58.6 Å². The van der Waals surface area contributed by atoms with Gasteiger partial charge in [-0.3, -0.25) is 4.79 Å². The molecule has 2 aromatic carbocycles. The van der Waals surface area contributed by atoms with E-state index in [-0.39, 0.29) is 12.0 Å². The van der Waals surface area contributed by atoms with Crippen LogP contribution in [0, 0.1) is 0 Å². The highest BCUT2D eigenvalue weighted by molar-refractivity contribution is 9.10. The number of hydrogen-bond donors (Lipinski definition) is 1. The number of ether oxygens (including phenoxy) is 1. The Morgan fingerprint density at radius 2 is 2.00 bits per heavy atom. The fraction of sp³-hybridized carbons (Fsp3) is 0.333. The fourth-order valence-electron chi connectivity index (χ4n) is 3.36. The summed E-state index contributed by atoms with van der Waals surface area (Å²) in [6, 6.07) is 12.2. The predicted octanol–water partition coefficient (Wildman–Crippen LogP) is 3.20. The molecule has 2 saturated heterocycles. The summed E-state index contributed by atoms with van der Waals surface area (Å²) >= 11 is 3.48. The van der Waals surface area contributed by atoms with Crippen molar-refractivity contribution in [2.24, 2.45) is 0 Å². The molecule has 2 aliphatic rings. The van der Waals surface area contributed by atoms with Gasteiger partial charge < -0.3 is 15.0 Å². The van der Waals surface area contributed by atoms with E-state index in [2.05, 4.69) is 45.5 Å². The van der Waals surface area contributed by atoms with E-state index in [0.29, 0.717) is 26.1 Å². The van der Waals surface area contributed by atoms with Crippen LogP contribution in [0.25, 0.3) is 10.8 Å². The summed E-state index contributed by atoms with van der Waals surface area (Å²) in [5.41, 5.74) is 0.639. The SMILES string of the molecule is O=C1CCC2(CN(C(=O)NCc3ccc4ccc(Br)cc4c3)C2)O1. The van der Waals surface area contributed by atoms with Crippen molar-refractivity contribution in [2.45, 2.75) is 25.0 Å². The van der Waals surface area contributed by atoms with Crippen molar-refractivity contribution in [1.29, 1.82) is 0 Å². The van der Waals surface area contributed by atoms with Crippen LogP contribution in [0.2, 0.25) is 0 Å². The van der Waals surface area contributed by atoms with Crippen molar-refractivity contribution in [1.82, 2.24) is 10.2 Å². The number of fused-ring (bicyclic) bond motifs is 1. The Morgan fingerprint density at radius 1 is 1.21 bits per heavy atom. The minimum atomic E-state index is -0.413. The van der Waals surface area contributed by atoms with Gasteiger partial charge in [0.2, 0.25) is 0 Å². The van der Waals surface area contributed by atoms with E-state index in [1.807, 2.05) is 12.1 Å². The van der Waals surface area contributed by atoms with Gasteiger partial charge in [-0.2, -0.15) is 0 Å². The van der Waals surface area contributed by atoms with Gasteiger partial charge in [0, 0.05) is 23.9 Å². The molecule has 0 aromatic heterocycles. The smallest absolute Gasteiger partial charge is 0.317 e. The zero-order valence-corrected chi connectivity index (χ0v) is 14.6. The Balaban J connectivity index is 1.35. The molecule has 2 heterocycles. The molecule has 1 N–H and O–H groups in total. The summed E-state index contributed by atoms with van der Waals surface area (Å²) in [7, 11) is 0. The molecule has 4 rings (SSSR count). The predicted molar refractivity (Wildman–Crippen MR) is 93.5 cm³/mol. The third-order valence-corrected chi connectivity index (χ3v) is 5.16. The molecule has 2 amide bonds. The van der Waals surface area contributed by atoms with Crippen LogP contribution in [-0.4, -0.2) is 35.6 Å². The molecule has 124 valence electrons. The number of urea groups is 1. The number of nitrogens with one attached hydrogen (secondary N) is 1. The Labute approximate surface area is 148 Å². The number of halogens is 1. The highest BCUT2D eigenvalue weighted by Crippen LogP contribution is 2.35. The first-order chi connectivity index (χ1) is 11.5. The maximum absolute atomic E-state index is 12.2. The van der Waals surface area contributed by atoms with E-state index < -0.39 is 5.60 Å². The van der Waals surface area contributed by atoms with E-state index in [1.165, 1.54) is 5.39 Å². The number of likely N-dealkylation sites (tertiary alicyclic amines) is 1. The zero-order valence-electron chi connectivity index (χ0n) is 13.0. The summed E-state index contributed by atoms with van der Waals surface area (Å²) in [5.74, 6) is -0.155. The second-order valence-electron chi connectivity index (χ2n) is 6.50. The molecule has 1 spiro atoms. The number of carbonyl (C=O) groups is 2. The number of carbonyl (C=O) groups excluding carboxylic acids is 2. The molecule has 24 heavy (non-hydrogen) atoms. The first-order valence-electron chi connectivity index (χ1n) is 7.96. The van der Waals surface area contributed by atoms with Crippen molar-refractivity contribution >= 4 is 38.7 Å². The van der Waals surface area contributed by atoms with Crippen LogP contribution in [0.3, 0.4) is 0 Å². The number of hydrogen-bond acceptors (Lipinski definition) is 3. The molecule has 0 bridgehead atoms. The molecule has 0 atom stereocenters. The largest absolute Gasteiger partial charge is 0.455 e. The van der Waals surface area contributed by atoms with Crippen LogP contribution in [0.15, 0.2) is 40.9 Å². The average Bonchev–Trinajstić information content (AvgIpc) is 2.93. The van der Waals surface area contributed by atoms with E-state index in [0.717, 1.165) is 21.8 Å². The van der Waals surface area contributed by atoms with Crippen LogP contribution in [0.1, 0.15) is 18.4 Å². The van der Waals surface area contributed by atoms with Gasteiger partial charge in [-0.1, -0.05) is 34.1 Å². The average molecular weight is 389 g/mol. The quantitative estimate of drug-likeness (QED) is 0.803. The lowest BCUT2D eigenvalue weighted by atomic mass is 9.91. The Hall–Kier alpha value is -2.08. The van der Waals surface area contributed by atoms with Gasteiger partial charge >= 0.3 is 12.0 Å². The molecule has 0 unspecified atom stereocenters. The standard InChI is InChI=1S/C18H17BrN2O3/c19-15-4-3-13-2-1-12(7-14(13)8-15)9-20-17(23)21-10-18(11-21)6-5-16(22)24-18/h1-4,7-8H,5-6,9-11H2,(H,20,23). The molecule has 5 nitrogen and oxygen atoms in total. The maximum atomic E-state index is 12.2. The summed E-state index contributed by atoms with van der Waals surface area (Å²) in [6.45, 7) is 1.47. The van der Waals surface area contributed by atoms with E-state index in [9.17, 15) is 9.59 Å². The first kappa shape index (κ1) is 15.4. The summed E-state index contributed by atoms with van der Waals surface area (Å²) in [4.78, 5) is 25.1. The van der Waals surface area contributed by atoms with E-state index in [1.54, 1.807) is 4.90 Å². The van der Waals surface area contributed by atoms with Crippen molar-refractivity contribution in [3.63, 3.8) is 0 Å². The van der Waals surface area contributed by atoms with Crippen molar-refractivity contribution in [2.75, 3.05) is 13.1 Å². The van der Waals surface area contributed by atoms with Crippen LogP contribution < -0.4 is 5.32 Å². The van der Waals surface area contributed by atoms with Gasteiger partial charge in [0.25, 0.3) is 0 Å². The molecule has 0 aliphatic carbocycles. The van der Waals surface area contributed by atoms with Crippen molar-refractivity contribution in [3.8, 4) is 0 Å². The first-order valence-corrected chi connectivity index (χ1v) is 8.75. The highest BCUT2D eigenvalue weighted by atomic mass is 79.9. The van der Waals surface area contributed by atoms with E-state index in [4.69, 9.17) is 4.74 Å². The molecule has 2 aromatic rings. The zero-order chi connectivity index (χ0) is 16.7. The Kier molecular flexibility index (Phi) is 3.72.